The molecular formula is C20H22N2O6S. The number of nitrogens with one attached hydrogen (secondary N) is 1. The number of nitrogens with zero attached hydrogens (tertiary/aromatic N) is 1. The third-order valence-electron chi connectivity index (χ3n) is 4.70. The van der Waals surface area contributed by atoms with E-state index in [2.05, 4.69) is 4.72 Å². The van der Waals surface area contributed by atoms with Gasteiger partial charge in [-0.25, -0.2) is 13.1 Å². The van der Waals surface area contributed by atoms with Crippen LogP contribution < -0.4 is 19.1 Å². The zero-order chi connectivity index (χ0) is 21.2. The summed E-state index contributed by atoms with van der Waals surface area (Å²) in [5.41, 5.74) is 1.03. The van der Waals surface area contributed by atoms with Crippen LogP contribution in [0, 0.1) is 0 Å². The van der Waals surface area contributed by atoms with Crippen LogP contribution in [0.3, 0.4) is 0 Å². The predicted molar refractivity (Wildman–Crippen MR) is 107 cm³/mol. The van der Waals surface area contributed by atoms with Crippen LogP contribution in [-0.4, -0.2) is 46.9 Å². The second kappa shape index (κ2) is 8.22. The number of anilines is 1. The molecule has 1 aliphatic rings. The average Bonchev–Trinajstić information content (AvgIpc) is 3.06. The molecule has 0 unspecified atom stereocenters. The Balaban J connectivity index is 1.75. The molecule has 3 rings (SSSR count). The van der Waals surface area contributed by atoms with Gasteiger partial charge in [0.25, 0.3) is 0 Å². The SMILES string of the molecule is COc1ccc(N2C[C@H](NS(=O)(=O)c3ccc(C(C)=O)cc3)CC2=O)cc1OC. The molecule has 1 N–H and O–H groups in total. The summed E-state index contributed by atoms with van der Waals surface area (Å²) in [7, 11) is -0.802. The van der Waals surface area contributed by atoms with Gasteiger partial charge in [0.1, 0.15) is 0 Å². The van der Waals surface area contributed by atoms with Crippen molar-refractivity contribution < 1.29 is 27.5 Å². The number of benzene rings is 2. The van der Waals surface area contributed by atoms with Gasteiger partial charge in [0.15, 0.2) is 17.3 Å². The lowest BCUT2D eigenvalue weighted by Crippen LogP contribution is -2.37. The Labute approximate surface area is 169 Å². The Morgan fingerprint density at radius 1 is 1.07 bits per heavy atom. The van der Waals surface area contributed by atoms with E-state index >= 15 is 0 Å². The summed E-state index contributed by atoms with van der Waals surface area (Å²) in [4.78, 5) is 25.4. The van der Waals surface area contributed by atoms with Crippen molar-refractivity contribution in [2.45, 2.75) is 24.3 Å². The topological polar surface area (TPSA) is 102 Å². The van der Waals surface area contributed by atoms with Gasteiger partial charge in [0, 0.05) is 36.3 Å². The molecule has 0 radical (unpaired) electrons. The normalized spacial score (nSPS) is 16.7. The van der Waals surface area contributed by atoms with Crippen molar-refractivity contribution in [1.29, 1.82) is 0 Å². The Hall–Kier alpha value is -2.91. The van der Waals surface area contributed by atoms with Gasteiger partial charge in [-0.1, -0.05) is 12.1 Å². The summed E-state index contributed by atoms with van der Waals surface area (Å²) in [6.07, 6.45) is 0.0408. The molecule has 1 aliphatic heterocycles. The molecular weight excluding hydrogens is 396 g/mol. The van der Waals surface area contributed by atoms with Crippen LogP contribution in [0.5, 0.6) is 11.5 Å². The summed E-state index contributed by atoms with van der Waals surface area (Å²) in [6.45, 7) is 1.60. The van der Waals surface area contributed by atoms with Crippen LogP contribution in [0.4, 0.5) is 5.69 Å². The van der Waals surface area contributed by atoms with Gasteiger partial charge in [-0.2, -0.15) is 0 Å². The number of sulfonamides is 1. The standard InChI is InChI=1S/C20H22N2O6S/c1-13(23)14-4-7-17(8-5-14)29(25,26)21-15-10-20(24)22(12-15)16-6-9-18(27-2)19(11-16)28-3/h4-9,11,15,21H,10,12H2,1-3H3/t15-/m1/s1. The lowest BCUT2D eigenvalue weighted by molar-refractivity contribution is -0.117. The number of Topliss-reactive ketones (excluding diaryl/α,β-unsaturated/α-hetero) is 1. The van der Waals surface area contributed by atoms with Crippen molar-refractivity contribution in [2.75, 3.05) is 25.7 Å². The van der Waals surface area contributed by atoms with Crippen molar-refractivity contribution in [3.63, 3.8) is 0 Å². The smallest absolute Gasteiger partial charge is 0.240 e. The van der Waals surface area contributed by atoms with Gasteiger partial charge in [-0.05, 0) is 31.2 Å². The largest absolute Gasteiger partial charge is 0.493 e. The van der Waals surface area contributed by atoms with Gasteiger partial charge in [-0.15, -0.1) is 0 Å². The monoisotopic (exact) mass is 418 g/mol. The van der Waals surface area contributed by atoms with E-state index in [4.69, 9.17) is 9.47 Å². The molecule has 2 aromatic carbocycles. The molecule has 1 saturated heterocycles. The number of hydrogen-bond donors (Lipinski definition) is 1. The molecule has 1 heterocycles. The van der Waals surface area contributed by atoms with E-state index in [0.717, 1.165) is 0 Å². The Kier molecular flexibility index (Phi) is 5.90. The van der Waals surface area contributed by atoms with Crippen molar-refractivity contribution in [3.05, 3.63) is 48.0 Å². The second-order valence-corrected chi connectivity index (χ2v) is 8.36. The predicted octanol–water partition coefficient (Wildman–Crippen LogP) is 1.99. The maximum Gasteiger partial charge on any atom is 0.240 e. The van der Waals surface area contributed by atoms with Crippen LogP contribution >= 0.6 is 0 Å². The molecule has 0 aliphatic carbocycles. The van der Waals surface area contributed by atoms with Gasteiger partial charge in [-0.3, -0.25) is 9.59 Å². The maximum absolute atomic E-state index is 12.6. The van der Waals surface area contributed by atoms with Crippen LogP contribution in [0.15, 0.2) is 47.4 Å². The zero-order valence-corrected chi connectivity index (χ0v) is 17.2. The third kappa shape index (κ3) is 4.41. The number of amides is 1. The van der Waals surface area contributed by atoms with Crippen LogP contribution in [0.1, 0.15) is 23.7 Å². The van der Waals surface area contributed by atoms with Gasteiger partial charge in [0.2, 0.25) is 15.9 Å². The molecule has 0 aromatic heterocycles. The highest BCUT2D eigenvalue weighted by molar-refractivity contribution is 7.89. The summed E-state index contributed by atoms with van der Waals surface area (Å²) >= 11 is 0. The zero-order valence-electron chi connectivity index (χ0n) is 16.3. The van der Waals surface area contributed by atoms with Gasteiger partial charge >= 0.3 is 0 Å². The van der Waals surface area contributed by atoms with Gasteiger partial charge < -0.3 is 14.4 Å². The number of rotatable bonds is 7. The molecule has 8 nitrogen and oxygen atoms in total. The highest BCUT2D eigenvalue weighted by Gasteiger charge is 2.34. The summed E-state index contributed by atoms with van der Waals surface area (Å²) in [5, 5.41) is 0. The molecule has 2 aromatic rings. The number of carbonyl (C=O) groups is 2. The molecule has 1 atom stereocenters. The fraction of sp³-hybridized carbons (Fsp3) is 0.300. The molecule has 0 saturated carbocycles. The fourth-order valence-electron chi connectivity index (χ4n) is 3.19. The van der Waals surface area contributed by atoms with Crippen molar-refractivity contribution in [3.8, 4) is 11.5 Å². The Morgan fingerprint density at radius 3 is 2.31 bits per heavy atom. The number of carbonyl (C=O) groups excluding carboxylic acids is 2. The molecule has 0 bridgehead atoms. The lowest BCUT2D eigenvalue weighted by Gasteiger charge is -2.19. The summed E-state index contributed by atoms with van der Waals surface area (Å²) < 4.78 is 38.3. The van der Waals surface area contributed by atoms with E-state index < -0.39 is 16.1 Å². The van der Waals surface area contributed by atoms with E-state index in [1.54, 1.807) is 18.2 Å². The second-order valence-electron chi connectivity index (χ2n) is 6.65. The Bertz CT molecular complexity index is 1030. The van der Waals surface area contributed by atoms with Crippen molar-refractivity contribution in [2.24, 2.45) is 0 Å². The Morgan fingerprint density at radius 2 is 1.72 bits per heavy atom. The van der Waals surface area contributed by atoms with Crippen molar-refractivity contribution in [1.82, 2.24) is 4.72 Å². The van der Waals surface area contributed by atoms with E-state index in [9.17, 15) is 18.0 Å². The van der Waals surface area contributed by atoms with Crippen LogP contribution in [0.25, 0.3) is 0 Å². The third-order valence-corrected chi connectivity index (χ3v) is 6.23. The first-order valence-electron chi connectivity index (χ1n) is 8.91. The minimum atomic E-state index is -3.82. The molecule has 1 fully saturated rings. The van der Waals surface area contributed by atoms with Gasteiger partial charge in [0.05, 0.1) is 19.1 Å². The van der Waals surface area contributed by atoms with E-state index in [1.807, 2.05) is 0 Å². The first-order valence-corrected chi connectivity index (χ1v) is 10.4. The quantitative estimate of drug-likeness (QED) is 0.690. The molecule has 9 heteroatoms. The highest BCUT2D eigenvalue weighted by Crippen LogP contribution is 2.33. The highest BCUT2D eigenvalue weighted by atomic mass is 32.2. The molecule has 29 heavy (non-hydrogen) atoms. The van der Waals surface area contributed by atoms with E-state index in [-0.39, 0.29) is 29.6 Å². The van der Waals surface area contributed by atoms with E-state index in [1.165, 1.54) is 50.3 Å². The van der Waals surface area contributed by atoms with E-state index in [0.29, 0.717) is 22.7 Å². The first-order chi connectivity index (χ1) is 13.7. The fourth-order valence-corrected chi connectivity index (χ4v) is 4.41. The van der Waals surface area contributed by atoms with Crippen molar-refractivity contribution >= 4 is 27.4 Å². The summed E-state index contributed by atoms with van der Waals surface area (Å²) in [6, 6.07) is 10.2. The molecule has 1 amide bonds. The minimum absolute atomic E-state index is 0.0408. The minimum Gasteiger partial charge on any atom is -0.493 e. The van der Waals surface area contributed by atoms with Crippen LogP contribution in [0.2, 0.25) is 0 Å². The first kappa shape index (κ1) is 20.8. The number of ketones is 1. The lowest BCUT2D eigenvalue weighted by atomic mass is 10.2. The average molecular weight is 418 g/mol. The molecule has 0 spiro atoms. The number of hydrogen-bond acceptors (Lipinski definition) is 6. The molecule has 154 valence electrons. The number of methoxy groups -OCH3 is 2. The number of ether oxygens (including phenoxy) is 2. The summed E-state index contributed by atoms with van der Waals surface area (Å²) in [5.74, 6) is 0.673. The maximum atomic E-state index is 12.6. The van der Waals surface area contributed by atoms with Crippen LogP contribution in [-0.2, 0) is 14.8 Å².